The number of carbonyl (C=O) groups is 1. The largest absolute Gasteiger partial charge is 0.351 e. The van der Waals surface area contributed by atoms with Crippen molar-refractivity contribution in [2.24, 2.45) is 5.41 Å². The zero-order valence-electron chi connectivity index (χ0n) is 10.8. The molecule has 0 bridgehead atoms. The van der Waals surface area contributed by atoms with Gasteiger partial charge in [0.25, 0.3) is 5.91 Å². The fourth-order valence-corrected chi connectivity index (χ4v) is 3.02. The van der Waals surface area contributed by atoms with E-state index in [1.54, 1.807) is 0 Å². The molecule has 1 aliphatic rings. The minimum absolute atomic E-state index is 0.0437. The van der Waals surface area contributed by atoms with Gasteiger partial charge in [-0.15, -0.1) is 0 Å². The van der Waals surface area contributed by atoms with E-state index in [0.717, 1.165) is 23.0 Å². The quantitative estimate of drug-likeness (QED) is 0.889. The number of nitrogens with one attached hydrogen (secondary N) is 1. The second-order valence-electron chi connectivity index (χ2n) is 5.25. The molecule has 1 saturated carbocycles. The molecular formula is C15H20BrNO. The van der Waals surface area contributed by atoms with Crippen molar-refractivity contribution < 1.29 is 4.79 Å². The van der Waals surface area contributed by atoms with Crippen LogP contribution in [0.25, 0.3) is 0 Å². The smallest absolute Gasteiger partial charge is 0.251 e. The van der Waals surface area contributed by atoms with Crippen molar-refractivity contribution in [1.82, 2.24) is 5.32 Å². The maximum Gasteiger partial charge on any atom is 0.251 e. The van der Waals surface area contributed by atoms with Crippen LogP contribution in [0.2, 0.25) is 0 Å². The summed E-state index contributed by atoms with van der Waals surface area (Å²) < 4.78 is 1.000. The molecule has 0 saturated heterocycles. The summed E-state index contributed by atoms with van der Waals surface area (Å²) in [5.74, 6) is 0.0437. The average molecular weight is 310 g/mol. The Kier molecular flexibility index (Phi) is 4.44. The van der Waals surface area contributed by atoms with E-state index in [1.807, 2.05) is 24.3 Å². The molecule has 1 aromatic carbocycles. The topological polar surface area (TPSA) is 29.1 Å². The number of benzene rings is 1. The van der Waals surface area contributed by atoms with E-state index in [2.05, 4.69) is 28.2 Å². The summed E-state index contributed by atoms with van der Waals surface area (Å²) in [6, 6.07) is 7.51. The van der Waals surface area contributed by atoms with Crippen molar-refractivity contribution in [3.63, 3.8) is 0 Å². The highest BCUT2D eigenvalue weighted by Crippen LogP contribution is 2.40. The molecule has 1 amide bonds. The molecule has 0 spiro atoms. The van der Waals surface area contributed by atoms with Crippen LogP contribution in [0.15, 0.2) is 28.7 Å². The fourth-order valence-electron chi connectivity index (χ4n) is 2.75. The third-order valence-corrected chi connectivity index (χ3v) is 4.67. The van der Waals surface area contributed by atoms with Crippen LogP contribution >= 0.6 is 15.9 Å². The zero-order chi connectivity index (χ0) is 13.0. The number of hydrogen-bond acceptors (Lipinski definition) is 1. The van der Waals surface area contributed by atoms with E-state index < -0.39 is 0 Å². The van der Waals surface area contributed by atoms with Gasteiger partial charge >= 0.3 is 0 Å². The minimum atomic E-state index is 0.0437. The number of rotatable bonds is 4. The Balaban J connectivity index is 1.93. The molecule has 1 N–H and O–H groups in total. The first-order chi connectivity index (χ1) is 8.65. The van der Waals surface area contributed by atoms with E-state index in [0.29, 0.717) is 5.41 Å². The summed E-state index contributed by atoms with van der Waals surface area (Å²) in [7, 11) is 0. The van der Waals surface area contributed by atoms with Crippen LogP contribution in [-0.2, 0) is 0 Å². The van der Waals surface area contributed by atoms with E-state index in [9.17, 15) is 4.79 Å². The molecule has 2 rings (SSSR count). The number of amides is 1. The van der Waals surface area contributed by atoms with Crippen LogP contribution in [0.5, 0.6) is 0 Å². The Bertz CT molecular complexity index is 407. The Morgan fingerprint density at radius 1 is 1.28 bits per heavy atom. The van der Waals surface area contributed by atoms with Crippen LogP contribution in [0, 0.1) is 5.41 Å². The zero-order valence-corrected chi connectivity index (χ0v) is 12.4. The van der Waals surface area contributed by atoms with Crippen molar-refractivity contribution in [2.45, 2.75) is 39.0 Å². The van der Waals surface area contributed by atoms with Crippen molar-refractivity contribution in [3.8, 4) is 0 Å². The molecule has 0 radical (unpaired) electrons. The molecule has 1 aromatic rings. The monoisotopic (exact) mass is 309 g/mol. The highest BCUT2D eigenvalue weighted by molar-refractivity contribution is 9.10. The Morgan fingerprint density at radius 3 is 2.44 bits per heavy atom. The first-order valence-electron chi connectivity index (χ1n) is 6.69. The standard InChI is InChI=1S/C15H20BrNO/c1-2-15(9-3-4-10-15)11-17-14(18)12-5-7-13(16)8-6-12/h5-8H,2-4,9-11H2,1H3,(H,17,18). The van der Waals surface area contributed by atoms with Gasteiger partial charge in [-0.05, 0) is 48.9 Å². The van der Waals surface area contributed by atoms with E-state index >= 15 is 0 Å². The lowest BCUT2D eigenvalue weighted by atomic mass is 9.83. The Labute approximate surface area is 117 Å². The average Bonchev–Trinajstić information content (AvgIpc) is 2.86. The minimum Gasteiger partial charge on any atom is -0.351 e. The molecular weight excluding hydrogens is 290 g/mol. The molecule has 0 unspecified atom stereocenters. The first kappa shape index (κ1) is 13.6. The van der Waals surface area contributed by atoms with Crippen molar-refractivity contribution in [1.29, 1.82) is 0 Å². The summed E-state index contributed by atoms with van der Waals surface area (Å²) in [5.41, 5.74) is 1.09. The van der Waals surface area contributed by atoms with Crippen molar-refractivity contribution in [3.05, 3.63) is 34.3 Å². The van der Waals surface area contributed by atoms with E-state index in [1.165, 1.54) is 25.7 Å². The molecule has 0 aromatic heterocycles. The van der Waals surface area contributed by atoms with Crippen LogP contribution in [0.3, 0.4) is 0 Å². The summed E-state index contributed by atoms with van der Waals surface area (Å²) in [4.78, 5) is 12.0. The summed E-state index contributed by atoms with van der Waals surface area (Å²) >= 11 is 3.38. The highest BCUT2D eigenvalue weighted by Gasteiger charge is 2.32. The molecule has 3 heteroatoms. The number of hydrogen-bond donors (Lipinski definition) is 1. The maximum atomic E-state index is 12.0. The Morgan fingerprint density at radius 2 is 1.89 bits per heavy atom. The van der Waals surface area contributed by atoms with E-state index in [-0.39, 0.29) is 5.91 Å². The molecule has 2 nitrogen and oxygen atoms in total. The second kappa shape index (κ2) is 5.87. The number of carbonyl (C=O) groups excluding carboxylic acids is 1. The molecule has 0 heterocycles. The molecule has 1 aliphatic carbocycles. The molecule has 1 fully saturated rings. The summed E-state index contributed by atoms with van der Waals surface area (Å²) in [6.45, 7) is 3.05. The van der Waals surface area contributed by atoms with Gasteiger partial charge in [-0.3, -0.25) is 4.79 Å². The summed E-state index contributed by atoms with van der Waals surface area (Å²) in [5, 5.41) is 3.10. The predicted octanol–water partition coefficient (Wildman–Crippen LogP) is 4.15. The lowest BCUT2D eigenvalue weighted by Crippen LogP contribution is -2.35. The first-order valence-corrected chi connectivity index (χ1v) is 7.48. The predicted molar refractivity (Wildman–Crippen MR) is 77.7 cm³/mol. The third kappa shape index (κ3) is 3.14. The van der Waals surface area contributed by atoms with Crippen molar-refractivity contribution >= 4 is 21.8 Å². The molecule has 98 valence electrons. The van der Waals surface area contributed by atoms with Gasteiger partial charge in [0, 0.05) is 16.6 Å². The molecule has 0 aliphatic heterocycles. The van der Waals surface area contributed by atoms with Gasteiger partial charge in [0.15, 0.2) is 0 Å². The van der Waals surface area contributed by atoms with E-state index in [4.69, 9.17) is 0 Å². The van der Waals surface area contributed by atoms with Gasteiger partial charge in [0.05, 0.1) is 0 Å². The van der Waals surface area contributed by atoms with Gasteiger partial charge in [-0.1, -0.05) is 35.7 Å². The highest BCUT2D eigenvalue weighted by atomic mass is 79.9. The van der Waals surface area contributed by atoms with Gasteiger partial charge < -0.3 is 5.32 Å². The third-order valence-electron chi connectivity index (χ3n) is 4.14. The molecule has 0 atom stereocenters. The van der Waals surface area contributed by atoms with Crippen LogP contribution in [-0.4, -0.2) is 12.5 Å². The lowest BCUT2D eigenvalue weighted by molar-refractivity contribution is 0.0929. The summed E-state index contributed by atoms with van der Waals surface area (Å²) in [6.07, 6.45) is 6.28. The van der Waals surface area contributed by atoms with Gasteiger partial charge in [-0.2, -0.15) is 0 Å². The normalized spacial score (nSPS) is 17.7. The molecule has 18 heavy (non-hydrogen) atoms. The Hall–Kier alpha value is -0.830. The lowest BCUT2D eigenvalue weighted by Gasteiger charge is -2.27. The van der Waals surface area contributed by atoms with Crippen LogP contribution in [0.4, 0.5) is 0 Å². The maximum absolute atomic E-state index is 12.0. The second-order valence-corrected chi connectivity index (χ2v) is 6.17. The SMILES string of the molecule is CCC1(CNC(=O)c2ccc(Br)cc2)CCCC1. The van der Waals surface area contributed by atoms with Gasteiger partial charge in [0.1, 0.15) is 0 Å². The van der Waals surface area contributed by atoms with Gasteiger partial charge in [0.2, 0.25) is 0 Å². The van der Waals surface area contributed by atoms with Crippen LogP contribution < -0.4 is 5.32 Å². The number of halogens is 1. The van der Waals surface area contributed by atoms with Crippen LogP contribution in [0.1, 0.15) is 49.4 Å². The van der Waals surface area contributed by atoms with Crippen molar-refractivity contribution in [2.75, 3.05) is 6.54 Å². The van der Waals surface area contributed by atoms with Gasteiger partial charge in [-0.25, -0.2) is 0 Å². The fraction of sp³-hybridized carbons (Fsp3) is 0.533.